The SMILES string of the molecule is COc1cccc(C(=O)N2CCN(C(=O)c3n[nH]c(C)c3C)CC2)c1OC. The van der Waals surface area contributed by atoms with E-state index in [0.717, 1.165) is 11.3 Å². The third-order valence-corrected chi connectivity index (χ3v) is 4.94. The van der Waals surface area contributed by atoms with Gasteiger partial charge in [0.1, 0.15) is 0 Å². The number of nitrogens with zero attached hydrogens (tertiary/aromatic N) is 3. The molecule has 8 heteroatoms. The number of nitrogens with one attached hydrogen (secondary N) is 1. The van der Waals surface area contributed by atoms with Gasteiger partial charge in [0.2, 0.25) is 0 Å². The van der Waals surface area contributed by atoms with E-state index in [-0.39, 0.29) is 11.8 Å². The number of ether oxygens (including phenoxy) is 2. The number of carbonyl (C=O) groups excluding carboxylic acids is 2. The predicted molar refractivity (Wildman–Crippen MR) is 99.4 cm³/mol. The van der Waals surface area contributed by atoms with Crippen LogP contribution < -0.4 is 9.47 Å². The lowest BCUT2D eigenvalue weighted by atomic mass is 10.1. The van der Waals surface area contributed by atoms with E-state index >= 15 is 0 Å². The van der Waals surface area contributed by atoms with Crippen LogP contribution in [0.5, 0.6) is 11.5 Å². The van der Waals surface area contributed by atoms with E-state index in [1.807, 2.05) is 13.8 Å². The second-order valence-electron chi connectivity index (χ2n) is 6.45. The maximum Gasteiger partial charge on any atom is 0.274 e. The Bertz CT molecular complexity index is 853. The van der Waals surface area contributed by atoms with E-state index in [1.54, 1.807) is 28.0 Å². The van der Waals surface area contributed by atoms with Crippen LogP contribution in [0, 0.1) is 13.8 Å². The number of hydrogen-bond acceptors (Lipinski definition) is 5. The number of carbonyl (C=O) groups is 2. The van der Waals surface area contributed by atoms with E-state index in [0.29, 0.717) is 48.9 Å². The van der Waals surface area contributed by atoms with Gasteiger partial charge in [0.25, 0.3) is 11.8 Å². The van der Waals surface area contributed by atoms with Crippen LogP contribution in [-0.4, -0.2) is 72.2 Å². The molecule has 1 aliphatic rings. The highest BCUT2D eigenvalue weighted by Gasteiger charge is 2.29. The molecule has 1 N–H and O–H groups in total. The minimum absolute atomic E-state index is 0.108. The van der Waals surface area contributed by atoms with Gasteiger partial charge < -0.3 is 19.3 Å². The van der Waals surface area contributed by atoms with Crippen LogP contribution in [0.3, 0.4) is 0 Å². The highest BCUT2D eigenvalue weighted by molar-refractivity contribution is 5.98. The van der Waals surface area contributed by atoms with Crippen molar-refractivity contribution >= 4 is 11.8 Å². The van der Waals surface area contributed by atoms with Gasteiger partial charge in [-0.15, -0.1) is 0 Å². The summed E-state index contributed by atoms with van der Waals surface area (Å²) in [5.41, 5.74) is 2.65. The number of methoxy groups -OCH3 is 2. The smallest absolute Gasteiger partial charge is 0.274 e. The molecule has 1 saturated heterocycles. The maximum absolute atomic E-state index is 12.9. The number of para-hydroxylation sites is 1. The summed E-state index contributed by atoms with van der Waals surface area (Å²) in [4.78, 5) is 29.0. The molecular weight excluding hydrogens is 348 g/mol. The van der Waals surface area contributed by atoms with Gasteiger partial charge in [0.15, 0.2) is 17.2 Å². The van der Waals surface area contributed by atoms with Crippen molar-refractivity contribution in [3.63, 3.8) is 0 Å². The van der Waals surface area contributed by atoms with Crippen LogP contribution in [0.2, 0.25) is 0 Å². The average molecular weight is 372 g/mol. The first-order chi connectivity index (χ1) is 13.0. The minimum atomic E-state index is -0.135. The third kappa shape index (κ3) is 3.47. The van der Waals surface area contributed by atoms with E-state index in [4.69, 9.17) is 9.47 Å². The van der Waals surface area contributed by atoms with Crippen molar-refractivity contribution in [3.8, 4) is 11.5 Å². The molecule has 1 aromatic carbocycles. The van der Waals surface area contributed by atoms with Crippen molar-refractivity contribution in [1.82, 2.24) is 20.0 Å². The first-order valence-corrected chi connectivity index (χ1v) is 8.79. The quantitative estimate of drug-likeness (QED) is 0.882. The molecule has 0 spiro atoms. The lowest BCUT2D eigenvalue weighted by Crippen LogP contribution is -2.50. The van der Waals surface area contributed by atoms with Crippen LogP contribution in [-0.2, 0) is 0 Å². The van der Waals surface area contributed by atoms with Gasteiger partial charge >= 0.3 is 0 Å². The molecule has 0 saturated carbocycles. The molecule has 8 nitrogen and oxygen atoms in total. The fraction of sp³-hybridized carbons (Fsp3) is 0.421. The Morgan fingerprint density at radius 2 is 1.63 bits per heavy atom. The zero-order valence-electron chi connectivity index (χ0n) is 16.0. The minimum Gasteiger partial charge on any atom is -0.493 e. The first kappa shape index (κ1) is 18.8. The third-order valence-electron chi connectivity index (χ3n) is 4.94. The lowest BCUT2D eigenvalue weighted by molar-refractivity contribution is 0.0529. The molecule has 3 rings (SSSR count). The number of benzene rings is 1. The molecule has 2 heterocycles. The Balaban J connectivity index is 1.70. The molecule has 0 unspecified atom stereocenters. The van der Waals surface area contributed by atoms with Crippen molar-refractivity contribution in [3.05, 3.63) is 40.7 Å². The van der Waals surface area contributed by atoms with E-state index in [9.17, 15) is 9.59 Å². The molecule has 0 aliphatic carbocycles. The lowest BCUT2D eigenvalue weighted by Gasteiger charge is -2.34. The number of amides is 2. The van der Waals surface area contributed by atoms with Gasteiger partial charge in [-0.25, -0.2) is 0 Å². The molecule has 0 bridgehead atoms. The monoisotopic (exact) mass is 372 g/mol. The highest BCUT2D eigenvalue weighted by atomic mass is 16.5. The van der Waals surface area contributed by atoms with Gasteiger partial charge in [-0.1, -0.05) is 6.07 Å². The number of rotatable bonds is 4. The van der Waals surface area contributed by atoms with Crippen molar-refractivity contribution in [2.45, 2.75) is 13.8 Å². The van der Waals surface area contributed by atoms with Crippen molar-refractivity contribution in [2.75, 3.05) is 40.4 Å². The molecule has 1 aliphatic heterocycles. The van der Waals surface area contributed by atoms with E-state index in [1.165, 1.54) is 14.2 Å². The Kier molecular flexibility index (Phi) is 5.34. The second-order valence-corrected chi connectivity index (χ2v) is 6.45. The molecule has 1 aromatic heterocycles. The fourth-order valence-electron chi connectivity index (χ4n) is 3.18. The second kappa shape index (κ2) is 7.69. The zero-order valence-corrected chi connectivity index (χ0v) is 16.0. The van der Waals surface area contributed by atoms with Gasteiger partial charge in [0, 0.05) is 37.4 Å². The van der Waals surface area contributed by atoms with Crippen LogP contribution in [0.4, 0.5) is 0 Å². The molecule has 1 fully saturated rings. The number of piperazine rings is 1. The largest absolute Gasteiger partial charge is 0.493 e. The molecule has 27 heavy (non-hydrogen) atoms. The number of H-pyrrole nitrogens is 1. The zero-order chi connectivity index (χ0) is 19.6. The molecule has 2 aromatic rings. The Hall–Kier alpha value is -3.03. The normalized spacial score (nSPS) is 14.2. The summed E-state index contributed by atoms with van der Waals surface area (Å²) >= 11 is 0. The average Bonchev–Trinajstić information content (AvgIpc) is 3.04. The summed E-state index contributed by atoms with van der Waals surface area (Å²) in [6.45, 7) is 5.59. The number of hydrogen-bond donors (Lipinski definition) is 1. The predicted octanol–water partition coefficient (Wildman–Crippen LogP) is 1.64. The summed E-state index contributed by atoms with van der Waals surface area (Å²) in [5, 5.41) is 6.95. The van der Waals surface area contributed by atoms with Crippen molar-refractivity contribution in [2.24, 2.45) is 0 Å². The number of aromatic amines is 1. The number of aryl methyl sites for hydroxylation is 1. The van der Waals surface area contributed by atoms with Gasteiger partial charge in [0.05, 0.1) is 19.8 Å². The van der Waals surface area contributed by atoms with E-state index in [2.05, 4.69) is 10.2 Å². The van der Waals surface area contributed by atoms with Crippen molar-refractivity contribution < 1.29 is 19.1 Å². The molecule has 0 radical (unpaired) electrons. The van der Waals surface area contributed by atoms with Gasteiger partial charge in [-0.2, -0.15) is 5.10 Å². The molecule has 2 amide bonds. The molecule has 144 valence electrons. The van der Waals surface area contributed by atoms with Crippen LogP contribution in [0.25, 0.3) is 0 Å². The topological polar surface area (TPSA) is 87.8 Å². The Morgan fingerprint density at radius 1 is 1.00 bits per heavy atom. The summed E-state index contributed by atoms with van der Waals surface area (Å²) in [6, 6.07) is 5.23. The van der Waals surface area contributed by atoms with Crippen LogP contribution >= 0.6 is 0 Å². The fourth-order valence-corrected chi connectivity index (χ4v) is 3.18. The summed E-state index contributed by atoms with van der Waals surface area (Å²) in [7, 11) is 3.05. The maximum atomic E-state index is 12.9. The van der Waals surface area contributed by atoms with Gasteiger partial charge in [-0.05, 0) is 26.0 Å². The van der Waals surface area contributed by atoms with Crippen LogP contribution in [0.1, 0.15) is 32.1 Å². The summed E-state index contributed by atoms with van der Waals surface area (Å²) in [6.07, 6.45) is 0. The first-order valence-electron chi connectivity index (χ1n) is 8.79. The Morgan fingerprint density at radius 3 is 2.15 bits per heavy atom. The molecule has 0 atom stereocenters. The summed E-state index contributed by atoms with van der Waals surface area (Å²) in [5.74, 6) is 0.695. The standard InChI is InChI=1S/C19H24N4O4/c1-12-13(2)20-21-16(12)19(25)23-10-8-22(9-11-23)18(24)14-6-5-7-15(26-3)17(14)27-4/h5-7H,8-11H2,1-4H3,(H,20,21). The van der Waals surface area contributed by atoms with Crippen LogP contribution in [0.15, 0.2) is 18.2 Å². The van der Waals surface area contributed by atoms with E-state index < -0.39 is 0 Å². The number of aromatic nitrogens is 2. The highest BCUT2D eigenvalue weighted by Crippen LogP contribution is 2.31. The van der Waals surface area contributed by atoms with Crippen molar-refractivity contribution in [1.29, 1.82) is 0 Å². The molecular formula is C19H24N4O4. The Labute approximate surface area is 158 Å². The summed E-state index contributed by atoms with van der Waals surface area (Å²) < 4.78 is 10.6. The van der Waals surface area contributed by atoms with Gasteiger partial charge in [-0.3, -0.25) is 14.7 Å².